The first-order chi connectivity index (χ1) is 11.0. The minimum Gasteiger partial charge on any atom is -0.336 e. The van der Waals surface area contributed by atoms with Crippen molar-refractivity contribution >= 4 is 6.03 Å². The number of piperidine rings is 2. The van der Waals surface area contributed by atoms with Gasteiger partial charge in [-0.2, -0.15) is 0 Å². The second-order valence-corrected chi connectivity index (χ2v) is 8.23. The van der Waals surface area contributed by atoms with Crippen LogP contribution in [-0.4, -0.2) is 66.2 Å². The Hall–Kier alpha value is -0.810. The zero-order valence-electron chi connectivity index (χ0n) is 14.9. The average molecular weight is 322 g/mol. The van der Waals surface area contributed by atoms with E-state index >= 15 is 0 Å². The summed E-state index contributed by atoms with van der Waals surface area (Å²) in [5, 5.41) is 6.29. The first-order valence-electron chi connectivity index (χ1n) is 9.58. The smallest absolute Gasteiger partial charge is 0.315 e. The lowest BCUT2D eigenvalue weighted by atomic mass is 9.98. The fourth-order valence-electron chi connectivity index (χ4n) is 3.99. The van der Waals surface area contributed by atoms with Crippen LogP contribution in [0.15, 0.2) is 0 Å². The minimum absolute atomic E-state index is 0.0138. The number of urea groups is 1. The lowest BCUT2D eigenvalue weighted by Gasteiger charge is -2.41. The number of hydrogen-bond donors (Lipinski definition) is 2. The predicted octanol–water partition coefficient (Wildman–Crippen LogP) is 2.18. The lowest BCUT2D eigenvalue weighted by Crippen LogP contribution is -2.56. The molecule has 0 spiro atoms. The van der Waals surface area contributed by atoms with Crippen molar-refractivity contribution in [2.75, 3.05) is 32.7 Å². The number of amides is 2. The van der Waals surface area contributed by atoms with Crippen molar-refractivity contribution < 1.29 is 4.79 Å². The summed E-state index contributed by atoms with van der Waals surface area (Å²) in [5.74, 6) is 0. The van der Waals surface area contributed by atoms with Gasteiger partial charge in [-0.05, 0) is 65.5 Å². The molecule has 3 rings (SSSR count). The second-order valence-electron chi connectivity index (χ2n) is 8.23. The topological polar surface area (TPSA) is 47.6 Å². The van der Waals surface area contributed by atoms with Gasteiger partial charge in [-0.3, -0.25) is 4.90 Å². The molecule has 23 heavy (non-hydrogen) atoms. The van der Waals surface area contributed by atoms with Crippen molar-refractivity contribution in [3.05, 3.63) is 0 Å². The van der Waals surface area contributed by atoms with Crippen LogP contribution in [0.4, 0.5) is 4.79 Å². The van der Waals surface area contributed by atoms with E-state index < -0.39 is 0 Å². The van der Waals surface area contributed by atoms with Crippen LogP contribution in [-0.2, 0) is 0 Å². The standard InChI is InChI=1S/C18H34N4O/c1-18(2,22-10-4-3-5-11-22)14-19-17(23)20-15-8-12-21(13-9-15)16-6-7-16/h15-16H,3-14H2,1-2H3,(H2,19,20,23). The Kier molecular flexibility index (Phi) is 5.47. The molecule has 0 atom stereocenters. The predicted molar refractivity (Wildman–Crippen MR) is 93.7 cm³/mol. The molecule has 2 N–H and O–H groups in total. The summed E-state index contributed by atoms with van der Waals surface area (Å²) in [4.78, 5) is 17.3. The highest BCUT2D eigenvalue weighted by molar-refractivity contribution is 5.74. The van der Waals surface area contributed by atoms with E-state index in [9.17, 15) is 4.79 Å². The molecule has 2 saturated heterocycles. The van der Waals surface area contributed by atoms with E-state index in [2.05, 4.69) is 34.3 Å². The maximum Gasteiger partial charge on any atom is 0.315 e. The summed E-state index contributed by atoms with van der Waals surface area (Å²) in [6.07, 6.45) is 8.87. The third kappa shape index (κ3) is 4.83. The van der Waals surface area contributed by atoms with Gasteiger partial charge in [0.1, 0.15) is 0 Å². The molecular formula is C18H34N4O. The van der Waals surface area contributed by atoms with Crippen molar-refractivity contribution in [2.45, 2.75) is 76.4 Å². The molecular weight excluding hydrogens is 288 g/mol. The Labute approximate surface area is 141 Å². The molecule has 3 aliphatic rings. The molecule has 3 fully saturated rings. The summed E-state index contributed by atoms with van der Waals surface area (Å²) >= 11 is 0. The van der Waals surface area contributed by atoms with Crippen LogP contribution in [0.2, 0.25) is 0 Å². The number of carbonyl (C=O) groups excluding carboxylic acids is 1. The summed E-state index contributed by atoms with van der Waals surface area (Å²) < 4.78 is 0. The largest absolute Gasteiger partial charge is 0.336 e. The van der Waals surface area contributed by atoms with Crippen LogP contribution in [0.5, 0.6) is 0 Å². The molecule has 0 unspecified atom stereocenters. The Balaban J connectivity index is 1.35. The summed E-state index contributed by atoms with van der Waals surface area (Å²) in [6, 6.07) is 1.22. The van der Waals surface area contributed by atoms with Gasteiger partial charge < -0.3 is 15.5 Å². The van der Waals surface area contributed by atoms with Gasteiger partial charge >= 0.3 is 6.03 Å². The van der Waals surface area contributed by atoms with Crippen LogP contribution >= 0.6 is 0 Å². The summed E-state index contributed by atoms with van der Waals surface area (Å²) in [5.41, 5.74) is 0.0487. The number of likely N-dealkylation sites (tertiary alicyclic amines) is 2. The van der Waals surface area contributed by atoms with E-state index in [1.165, 1.54) is 32.1 Å². The molecule has 2 aliphatic heterocycles. The minimum atomic E-state index is 0.0138. The van der Waals surface area contributed by atoms with Crippen LogP contribution in [0.25, 0.3) is 0 Å². The molecule has 2 amide bonds. The summed E-state index contributed by atoms with van der Waals surface area (Å²) in [6.45, 7) is 9.83. The van der Waals surface area contributed by atoms with Gasteiger partial charge in [0, 0.05) is 37.3 Å². The number of carbonyl (C=O) groups is 1. The lowest BCUT2D eigenvalue weighted by molar-refractivity contribution is 0.0956. The SMILES string of the molecule is CC(C)(CNC(=O)NC1CCN(C2CC2)CC1)N1CCCCC1. The van der Waals surface area contributed by atoms with E-state index in [0.717, 1.165) is 51.6 Å². The maximum atomic E-state index is 12.2. The Morgan fingerprint density at radius 2 is 1.65 bits per heavy atom. The second kappa shape index (κ2) is 7.39. The van der Waals surface area contributed by atoms with Crippen molar-refractivity contribution in [3.63, 3.8) is 0 Å². The normalized spacial score (nSPS) is 25.3. The first kappa shape index (κ1) is 17.0. The molecule has 0 aromatic carbocycles. The van der Waals surface area contributed by atoms with Gasteiger partial charge in [0.15, 0.2) is 0 Å². The van der Waals surface area contributed by atoms with Crippen molar-refractivity contribution in [1.29, 1.82) is 0 Å². The van der Waals surface area contributed by atoms with Crippen molar-refractivity contribution in [1.82, 2.24) is 20.4 Å². The average Bonchev–Trinajstić information content (AvgIpc) is 3.40. The first-order valence-corrected chi connectivity index (χ1v) is 9.58. The van der Waals surface area contributed by atoms with Crippen molar-refractivity contribution in [3.8, 4) is 0 Å². The molecule has 2 heterocycles. The molecule has 0 radical (unpaired) electrons. The number of rotatable bonds is 5. The van der Waals surface area contributed by atoms with E-state index in [-0.39, 0.29) is 11.6 Å². The van der Waals surface area contributed by atoms with E-state index in [4.69, 9.17) is 0 Å². The fraction of sp³-hybridized carbons (Fsp3) is 0.944. The fourth-order valence-corrected chi connectivity index (χ4v) is 3.99. The molecule has 5 heteroatoms. The van der Waals surface area contributed by atoms with E-state index in [1.54, 1.807) is 0 Å². The van der Waals surface area contributed by atoms with Gasteiger partial charge in [-0.25, -0.2) is 4.79 Å². The molecule has 0 bridgehead atoms. The molecule has 0 aromatic heterocycles. The molecule has 1 aliphatic carbocycles. The van der Waals surface area contributed by atoms with Gasteiger partial charge in [0.25, 0.3) is 0 Å². The maximum absolute atomic E-state index is 12.2. The van der Waals surface area contributed by atoms with Crippen molar-refractivity contribution in [2.24, 2.45) is 0 Å². The van der Waals surface area contributed by atoms with Crippen LogP contribution in [0.1, 0.15) is 58.8 Å². The zero-order valence-corrected chi connectivity index (χ0v) is 14.9. The van der Waals surface area contributed by atoms with Crippen LogP contribution in [0.3, 0.4) is 0 Å². The Bertz CT molecular complexity index is 394. The highest BCUT2D eigenvalue weighted by Gasteiger charge is 2.32. The summed E-state index contributed by atoms with van der Waals surface area (Å²) in [7, 11) is 0. The number of nitrogens with zero attached hydrogens (tertiary/aromatic N) is 2. The molecule has 132 valence electrons. The van der Waals surface area contributed by atoms with Crippen LogP contribution < -0.4 is 10.6 Å². The van der Waals surface area contributed by atoms with Gasteiger partial charge in [0.05, 0.1) is 0 Å². The highest BCUT2D eigenvalue weighted by Crippen LogP contribution is 2.29. The highest BCUT2D eigenvalue weighted by atomic mass is 16.2. The van der Waals surface area contributed by atoms with E-state index in [1.807, 2.05) is 0 Å². The third-order valence-corrected chi connectivity index (χ3v) is 5.82. The molecule has 5 nitrogen and oxygen atoms in total. The Morgan fingerprint density at radius 3 is 2.26 bits per heavy atom. The zero-order chi connectivity index (χ0) is 16.3. The quantitative estimate of drug-likeness (QED) is 0.815. The van der Waals surface area contributed by atoms with Crippen LogP contribution in [0, 0.1) is 0 Å². The van der Waals surface area contributed by atoms with E-state index in [0.29, 0.717) is 6.04 Å². The van der Waals surface area contributed by atoms with Gasteiger partial charge in [-0.1, -0.05) is 6.42 Å². The van der Waals surface area contributed by atoms with Gasteiger partial charge in [0.2, 0.25) is 0 Å². The monoisotopic (exact) mass is 322 g/mol. The number of hydrogen-bond acceptors (Lipinski definition) is 3. The third-order valence-electron chi connectivity index (χ3n) is 5.82. The molecule has 1 saturated carbocycles. The number of nitrogens with one attached hydrogen (secondary N) is 2. The molecule has 0 aromatic rings. The van der Waals surface area contributed by atoms with Gasteiger partial charge in [-0.15, -0.1) is 0 Å². The Morgan fingerprint density at radius 1 is 1.00 bits per heavy atom.